The van der Waals surface area contributed by atoms with Crippen LogP contribution in [0.15, 0.2) is 73.8 Å². The molecule has 10 nitrogen and oxygen atoms in total. The summed E-state index contributed by atoms with van der Waals surface area (Å²) < 4.78 is 12.9. The molecule has 11 heteroatoms. The molecule has 0 radical (unpaired) electrons. The lowest BCUT2D eigenvalue weighted by atomic mass is 9.70. The number of hydrogen-bond acceptors (Lipinski definition) is 7. The van der Waals surface area contributed by atoms with Gasteiger partial charge in [-0.05, 0) is 49.8 Å². The molecule has 5 rings (SSSR count). The van der Waals surface area contributed by atoms with Crippen molar-refractivity contribution in [3.05, 3.63) is 90.5 Å². The zero-order chi connectivity index (χ0) is 35.5. The number of benzene rings is 2. The average Bonchev–Trinajstić information content (AvgIpc) is 3.69. The summed E-state index contributed by atoms with van der Waals surface area (Å²) in [6.07, 6.45) is 3.20. The van der Waals surface area contributed by atoms with Crippen molar-refractivity contribution < 1.29 is 33.8 Å². The van der Waals surface area contributed by atoms with E-state index in [2.05, 4.69) is 34.4 Å². The molecule has 49 heavy (non-hydrogen) atoms. The van der Waals surface area contributed by atoms with E-state index in [1.165, 1.54) is 4.90 Å². The van der Waals surface area contributed by atoms with Gasteiger partial charge < -0.3 is 29.7 Å². The Balaban J connectivity index is 1.53. The summed E-state index contributed by atoms with van der Waals surface area (Å²) in [5, 5.41) is 13.3. The lowest BCUT2D eigenvalue weighted by Gasteiger charge is -2.39. The van der Waals surface area contributed by atoms with E-state index in [0.717, 1.165) is 16.8 Å². The Labute approximate surface area is 296 Å². The number of likely N-dealkylation sites (tertiary alicyclic amines) is 1. The highest BCUT2D eigenvalue weighted by Crippen LogP contribution is 2.61. The largest absolute Gasteiger partial charge is 0.455 e. The minimum Gasteiger partial charge on any atom is -0.455 e. The summed E-state index contributed by atoms with van der Waals surface area (Å²) in [6, 6.07) is 13.1. The van der Waals surface area contributed by atoms with Gasteiger partial charge in [0.1, 0.15) is 17.7 Å². The molecule has 2 aromatic carbocycles. The van der Waals surface area contributed by atoms with Gasteiger partial charge in [0.15, 0.2) is 0 Å². The molecule has 3 amide bonds. The number of halogens is 1. The van der Waals surface area contributed by atoms with Crippen LogP contribution in [-0.4, -0.2) is 82.0 Å². The van der Waals surface area contributed by atoms with Crippen molar-refractivity contribution in [2.45, 2.75) is 81.2 Å². The number of esters is 1. The van der Waals surface area contributed by atoms with Gasteiger partial charge in [0.25, 0.3) is 5.91 Å². The lowest BCUT2D eigenvalue weighted by molar-refractivity contribution is -0.160. The smallest absolute Gasteiger partial charge is 0.313 e. The second kappa shape index (κ2) is 15.4. The Morgan fingerprint density at radius 1 is 1.14 bits per heavy atom. The Morgan fingerprint density at radius 2 is 1.84 bits per heavy atom. The number of nitrogens with one attached hydrogen (secondary N) is 1. The number of para-hydroxylation sites is 1. The number of rotatable bonds is 15. The van der Waals surface area contributed by atoms with E-state index in [-0.39, 0.29) is 42.8 Å². The van der Waals surface area contributed by atoms with Crippen LogP contribution in [0.1, 0.15) is 55.4 Å². The monoisotopic (exact) mass is 735 g/mol. The number of aliphatic hydroxyl groups excluding tert-OH is 1. The molecule has 3 fully saturated rings. The third kappa shape index (κ3) is 6.72. The van der Waals surface area contributed by atoms with Gasteiger partial charge in [0.05, 0.1) is 37.1 Å². The second-order valence-corrected chi connectivity index (χ2v) is 14.3. The molecular formula is C38H46BrN3O7. The van der Waals surface area contributed by atoms with E-state index in [9.17, 15) is 24.3 Å². The molecule has 0 saturated carbocycles. The van der Waals surface area contributed by atoms with Crippen LogP contribution < -0.4 is 10.2 Å². The molecule has 2 aromatic rings. The molecule has 0 aromatic heterocycles. The normalized spacial score (nSPS) is 26.5. The molecule has 262 valence electrons. The van der Waals surface area contributed by atoms with Gasteiger partial charge in [-0.2, -0.15) is 0 Å². The van der Waals surface area contributed by atoms with E-state index in [0.29, 0.717) is 24.8 Å². The zero-order valence-corrected chi connectivity index (χ0v) is 29.9. The minimum atomic E-state index is -1.35. The number of carbonyl (C=O) groups excluding carboxylic acids is 4. The summed E-state index contributed by atoms with van der Waals surface area (Å²) in [5.74, 6) is -3.68. The number of hydrogen-bond donors (Lipinski definition) is 2. The number of amides is 3. The van der Waals surface area contributed by atoms with Crippen LogP contribution in [0.25, 0.3) is 0 Å². The van der Waals surface area contributed by atoms with Crippen molar-refractivity contribution in [3.63, 3.8) is 0 Å². The minimum absolute atomic E-state index is 0.0351. The maximum atomic E-state index is 15.0. The highest BCUT2D eigenvalue weighted by molar-refractivity contribution is 9.09. The summed E-state index contributed by atoms with van der Waals surface area (Å²) in [4.78, 5) is 59.2. The van der Waals surface area contributed by atoms with Crippen molar-refractivity contribution in [2.24, 2.45) is 11.8 Å². The number of nitrogens with zero attached hydrogens (tertiary/aromatic N) is 2. The highest BCUT2D eigenvalue weighted by atomic mass is 79.9. The van der Waals surface area contributed by atoms with E-state index in [4.69, 9.17) is 9.47 Å². The first kappa shape index (κ1) is 36.5. The number of alkyl halides is 1. The van der Waals surface area contributed by atoms with Crippen LogP contribution in [0.5, 0.6) is 0 Å². The highest BCUT2D eigenvalue weighted by Gasteiger charge is 2.77. The summed E-state index contributed by atoms with van der Waals surface area (Å²) in [5.41, 5.74) is 1.82. The summed E-state index contributed by atoms with van der Waals surface area (Å²) in [6.45, 7) is 13.1. The van der Waals surface area contributed by atoms with Gasteiger partial charge in [0.2, 0.25) is 11.8 Å². The van der Waals surface area contributed by atoms with Gasteiger partial charge in [-0.15, -0.1) is 13.2 Å². The predicted molar refractivity (Wildman–Crippen MR) is 190 cm³/mol. The van der Waals surface area contributed by atoms with E-state index in [1.54, 1.807) is 17.1 Å². The first-order chi connectivity index (χ1) is 23.5. The fraction of sp³-hybridized carbons (Fsp3) is 0.474. The molecule has 0 aliphatic carbocycles. The molecule has 2 N–H and O–H groups in total. The topological polar surface area (TPSA) is 125 Å². The van der Waals surface area contributed by atoms with E-state index in [1.807, 2.05) is 69.3 Å². The Hall–Kier alpha value is -3.80. The molecule has 8 atom stereocenters. The summed E-state index contributed by atoms with van der Waals surface area (Å²) in [7, 11) is 0. The number of ether oxygens (including phenoxy) is 2. The van der Waals surface area contributed by atoms with Gasteiger partial charge >= 0.3 is 5.97 Å². The molecule has 2 bridgehead atoms. The van der Waals surface area contributed by atoms with Gasteiger partial charge in [0, 0.05) is 23.5 Å². The molecule has 3 saturated heterocycles. The maximum absolute atomic E-state index is 15.0. The number of allylic oxidation sites excluding steroid dienone is 1. The third-order valence-electron chi connectivity index (χ3n) is 10.1. The standard InChI is InChI=1S/C38H46BrN3O7/c1-6-9-18-29(44)40-21-28(25-16-11-10-12-17-25)48-37(47)30-31-35(45)42(26(8-3)22-43)34(38(31)20-27(39)33(30)49-38)36(46)41(19-7-2)32-23(4)14-13-15-24(32)5/h6-7,10-17,26-28,30-31,33-34,43H,1-2,8-9,18-22H2,3-5H3,(H,40,44)/t26-,27?,28-,30+,31-,33+,34+,38-/m0/s1. The van der Waals surface area contributed by atoms with Crippen molar-refractivity contribution in [1.29, 1.82) is 0 Å². The molecule has 1 spiro atoms. The number of anilines is 1. The van der Waals surface area contributed by atoms with Crippen molar-refractivity contribution in [3.8, 4) is 0 Å². The van der Waals surface area contributed by atoms with Crippen LogP contribution in [0.4, 0.5) is 5.69 Å². The maximum Gasteiger partial charge on any atom is 0.313 e. The number of aliphatic hydroxyl groups is 1. The lowest BCUT2D eigenvalue weighted by Crippen LogP contribution is -2.59. The average molecular weight is 737 g/mol. The SMILES string of the molecule is C=CCCC(=O)NC[C@H](OC(=O)[C@H]1[C@@H]2O[C@@]3(CC2Br)[C@@H]1C(=O)N([C@@H](CC)CO)[C@@H]3C(=O)N(CC=C)c1c(C)cccc1C)c1ccccc1. The number of carbonyl (C=O) groups is 4. The molecule has 3 aliphatic rings. The molecule has 1 unspecified atom stereocenters. The van der Waals surface area contributed by atoms with Gasteiger partial charge in [-0.1, -0.05) is 83.5 Å². The Morgan fingerprint density at radius 3 is 2.45 bits per heavy atom. The fourth-order valence-electron chi connectivity index (χ4n) is 7.86. The van der Waals surface area contributed by atoms with E-state index < -0.39 is 53.6 Å². The Kier molecular flexibility index (Phi) is 11.5. The summed E-state index contributed by atoms with van der Waals surface area (Å²) >= 11 is 3.73. The van der Waals surface area contributed by atoms with Crippen molar-refractivity contribution in [2.75, 3.05) is 24.6 Å². The third-order valence-corrected chi connectivity index (χ3v) is 10.9. The Bertz CT molecular complexity index is 1560. The first-order valence-electron chi connectivity index (χ1n) is 16.9. The molecular weight excluding hydrogens is 690 g/mol. The first-order valence-corrected chi connectivity index (χ1v) is 17.8. The van der Waals surface area contributed by atoms with Crippen LogP contribution in [0, 0.1) is 25.7 Å². The van der Waals surface area contributed by atoms with Crippen LogP contribution in [0.2, 0.25) is 0 Å². The van der Waals surface area contributed by atoms with E-state index >= 15 is 0 Å². The quantitative estimate of drug-likeness (QED) is 0.154. The van der Waals surface area contributed by atoms with Gasteiger partial charge in [-0.25, -0.2) is 0 Å². The van der Waals surface area contributed by atoms with Crippen molar-refractivity contribution in [1.82, 2.24) is 10.2 Å². The number of fused-ring (bicyclic) bond motifs is 1. The zero-order valence-electron chi connectivity index (χ0n) is 28.3. The molecule has 3 heterocycles. The molecule has 3 aliphatic heterocycles. The van der Waals surface area contributed by atoms with Crippen molar-refractivity contribution >= 4 is 45.3 Å². The van der Waals surface area contributed by atoms with Crippen LogP contribution in [0.3, 0.4) is 0 Å². The second-order valence-electron chi connectivity index (χ2n) is 13.1. The fourth-order valence-corrected chi connectivity index (χ4v) is 8.81. The van der Waals surface area contributed by atoms with Crippen LogP contribution >= 0.6 is 15.9 Å². The predicted octanol–water partition coefficient (Wildman–Crippen LogP) is 4.71. The van der Waals surface area contributed by atoms with Crippen LogP contribution in [-0.2, 0) is 28.7 Å². The number of aryl methyl sites for hydroxylation is 2. The van der Waals surface area contributed by atoms with Gasteiger partial charge in [-0.3, -0.25) is 19.2 Å².